The maximum absolute atomic E-state index is 13.6. The molecule has 4 nitrogen and oxygen atoms in total. The van der Waals surface area contributed by atoms with E-state index in [1.165, 1.54) is 23.5 Å². The fraction of sp³-hybridized carbons (Fsp3) is 0.400. The lowest BCUT2D eigenvalue weighted by Crippen LogP contribution is -2.57. The number of sulfonamides is 1. The van der Waals surface area contributed by atoms with Crippen LogP contribution in [0.2, 0.25) is 5.02 Å². The molecule has 0 aliphatic carbocycles. The highest BCUT2D eigenvalue weighted by atomic mass is 35.5. The molecule has 102 valence electrons. The van der Waals surface area contributed by atoms with Crippen molar-refractivity contribution in [3.8, 4) is 0 Å². The molecule has 0 radical (unpaired) electrons. The Balaban J connectivity index is 0.00000162. The molecule has 1 aromatic carbocycles. The molecule has 1 fully saturated rings. The predicted molar refractivity (Wildman–Crippen MR) is 70.3 cm³/mol. The van der Waals surface area contributed by atoms with Gasteiger partial charge < -0.3 is 5.32 Å². The van der Waals surface area contributed by atoms with Gasteiger partial charge in [0.05, 0.1) is 0 Å². The van der Waals surface area contributed by atoms with Crippen LogP contribution in [0.15, 0.2) is 23.1 Å². The summed E-state index contributed by atoms with van der Waals surface area (Å²) < 4.78 is 39.0. The average molecular weight is 315 g/mol. The van der Waals surface area contributed by atoms with Gasteiger partial charge in [0.25, 0.3) is 0 Å². The number of hydrogen-bond acceptors (Lipinski definition) is 3. The normalized spacial score (nSPS) is 16.2. The molecule has 0 saturated carbocycles. The molecule has 1 aliphatic heterocycles. The SMILES string of the molecule is CN(C1CNC1)S(=O)(=O)c1ccc(Cl)cc1F.Cl. The molecule has 1 aromatic rings. The van der Waals surface area contributed by atoms with Gasteiger partial charge in [-0.3, -0.25) is 0 Å². The van der Waals surface area contributed by atoms with E-state index in [9.17, 15) is 12.8 Å². The number of rotatable bonds is 3. The number of benzene rings is 1. The largest absolute Gasteiger partial charge is 0.313 e. The first-order chi connectivity index (χ1) is 7.93. The predicted octanol–water partition coefficient (Wildman–Crippen LogP) is 1.49. The van der Waals surface area contributed by atoms with Crippen LogP contribution in [0, 0.1) is 5.82 Å². The summed E-state index contributed by atoms with van der Waals surface area (Å²) in [6, 6.07) is 3.44. The number of likely N-dealkylation sites (N-methyl/N-ethyl adjacent to an activating group) is 1. The van der Waals surface area contributed by atoms with E-state index in [0.717, 1.165) is 6.07 Å². The van der Waals surface area contributed by atoms with Gasteiger partial charge >= 0.3 is 0 Å². The van der Waals surface area contributed by atoms with Gasteiger partial charge in [0.2, 0.25) is 10.0 Å². The fourth-order valence-corrected chi connectivity index (χ4v) is 3.12. The number of nitrogens with zero attached hydrogens (tertiary/aromatic N) is 1. The molecule has 2 rings (SSSR count). The van der Waals surface area contributed by atoms with Crippen molar-refractivity contribution in [1.29, 1.82) is 0 Å². The van der Waals surface area contributed by atoms with Gasteiger partial charge in [-0.25, -0.2) is 12.8 Å². The first kappa shape index (κ1) is 15.7. The summed E-state index contributed by atoms with van der Waals surface area (Å²) in [5.41, 5.74) is 0. The maximum Gasteiger partial charge on any atom is 0.246 e. The van der Waals surface area contributed by atoms with Crippen LogP contribution in [0.5, 0.6) is 0 Å². The zero-order chi connectivity index (χ0) is 12.6. The molecule has 0 amide bonds. The van der Waals surface area contributed by atoms with E-state index in [1.807, 2.05) is 0 Å². The number of hydrogen-bond donors (Lipinski definition) is 1. The first-order valence-corrected chi connectivity index (χ1v) is 6.88. The second kappa shape index (κ2) is 5.71. The Morgan fingerprint density at radius 3 is 2.50 bits per heavy atom. The summed E-state index contributed by atoms with van der Waals surface area (Å²) in [6.45, 7) is 1.18. The highest BCUT2D eigenvalue weighted by molar-refractivity contribution is 7.89. The Morgan fingerprint density at radius 2 is 2.06 bits per heavy atom. The molecule has 0 spiro atoms. The van der Waals surface area contributed by atoms with Crippen molar-refractivity contribution in [2.24, 2.45) is 0 Å². The van der Waals surface area contributed by atoms with E-state index in [1.54, 1.807) is 0 Å². The summed E-state index contributed by atoms with van der Waals surface area (Å²) in [4.78, 5) is -0.337. The smallest absolute Gasteiger partial charge is 0.246 e. The molecule has 0 aromatic heterocycles. The number of nitrogens with one attached hydrogen (secondary N) is 1. The van der Waals surface area contributed by atoms with Crippen LogP contribution in [0.25, 0.3) is 0 Å². The molecule has 1 N–H and O–H groups in total. The molecule has 1 heterocycles. The average Bonchev–Trinajstić information content (AvgIpc) is 2.13. The second-order valence-electron chi connectivity index (χ2n) is 3.91. The minimum Gasteiger partial charge on any atom is -0.313 e. The molecular weight excluding hydrogens is 302 g/mol. The van der Waals surface area contributed by atoms with Gasteiger partial charge in [-0.2, -0.15) is 4.31 Å². The van der Waals surface area contributed by atoms with Crippen molar-refractivity contribution in [2.45, 2.75) is 10.9 Å². The van der Waals surface area contributed by atoms with Crippen LogP contribution in [0.4, 0.5) is 4.39 Å². The van der Waals surface area contributed by atoms with Gasteiger partial charge in [0.1, 0.15) is 10.7 Å². The third kappa shape index (κ3) is 2.78. The van der Waals surface area contributed by atoms with E-state index in [0.29, 0.717) is 13.1 Å². The quantitative estimate of drug-likeness (QED) is 0.919. The fourth-order valence-electron chi connectivity index (χ4n) is 1.57. The third-order valence-corrected chi connectivity index (χ3v) is 5.00. The van der Waals surface area contributed by atoms with Crippen molar-refractivity contribution in [1.82, 2.24) is 9.62 Å². The van der Waals surface area contributed by atoms with E-state index < -0.39 is 15.8 Å². The number of halogens is 3. The molecule has 0 atom stereocenters. The Bertz CT molecular complexity index is 535. The second-order valence-corrected chi connectivity index (χ2v) is 6.31. The van der Waals surface area contributed by atoms with Crippen molar-refractivity contribution in [3.05, 3.63) is 29.0 Å². The van der Waals surface area contributed by atoms with Crippen molar-refractivity contribution < 1.29 is 12.8 Å². The summed E-state index contributed by atoms with van der Waals surface area (Å²) in [5.74, 6) is -0.823. The monoisotopic (exact) mass is 314 g/mol. The molecular formula is C10H13Cl2FN2O2S. The lowest BCUT2D eigenvalue weighted by atomic mass is 10.2. The lowest BCUT2D eigenvalue weighted by molar-refractivity contribution is 0.273. The summed E-state index contributed by atoms with van der Waals surface area (Å²) in [5, 5.41) is 3.14. The van der Waals surface area contributed by atoms with E-state index in [2.05, 4.69) is 5.32 Å². The zero-order valence-corrected chi connectivity index (χ0v) is 11.9. The van der Waals surface area contributed by atoms with Crippen LogP contribution in [0.1, 0.15) is 0 Å². The lowest BCUT2D eigenvalue weighted by Gasteiger charge is -2.34. The summed E-state index contributed by atoms with van der Waals surface area (Å²) in [7, 11) is -2.33. The maximum atomic E-state index is 13.6. The Morgan fingerprint density at radius 1 is 1.44 bits per heavy atom. The first-order valence-electron chi connectivity index (χ1n) is 5.07. The van der Waals surface area contributed by atoms with Gasteiger partial charge in [-0.15, -0.1) is 12.4 Å². The summed E-state index contributed by atoms with van der Waals surface area (Å²) in [6.07, 6.45) is 0. The van der Waals surface area contributed by atoms with Gasteiger partial charge in [-0.1, -0.05) is 11.6 Å². The van der Waals surface area contributed by atoms with Gasteiger partial charge in [0.15, 0.2) is 0 Å². The molecule has 8 heteroatoms. The topological polar surface area (TPSA) is 49.4 Å². The van der Waals surface area contributed by atoms with Crippen LogP contribution < -0.4 is 5.32 Å². The van der Waals surface area contributed by atoms with Crippen LogP contribution in [-0.2, 0) is 10.0 Å². The molecule has 0 bridgehead atoms. The van der Waals surface area contributed by atoms with Crippen LogP contribution >= 0.6 is 24.0 Å². The van der Waals surface area contributed by atoms with E-state index >= 15 is 0 Å². The minimum atomic E-state index is -3.79. The molecule has 1 aliphatic rings. The minimum absolute atomic E-state index is 0. The summed E-state index contributed by atoms with van der Waals surface area (Å²) >= 11 is 5.59. The standard InChI is InChI=1S/C10H12ClFN2O2S.ClH/c1-14(8-5-13-6-8)17(15,16)10-3-2-7(11)4-9(10)12;/h2-4,8,13H,5-6H2,1H3;1H. The van der Waals surface area contributed by atoms with E-state index in [-0.39, 0.29) is 28.4 Å². The molecule has 1 saturated heterocycles. The Labute approximate surface area is 117 Å². The Hall–Kier alpha value is -0.400. The van der Waals surface area contributed by atoms with E-state index in [4.69, 9.17) is 11.6 Å². The molecule has 18 heavy (non-hydrogen) atoms. The van der Waals surface area contributed by atoms with Crippen molar-refractivity contribution in [3.63, 3.8) is 0 Å². The highest BCUT2D eigenvalue weighted by Gasteiger charge is 2.33. The molecule has 0 unspecified atom stereocenters. The van der Waals surface area contributed by atoms with Gasteiger partial charge in [-0.05, 0) is 18.2 Å². The zero-order valence-electron chi connectivity index (χ0n) is 9.56. The van der Waals surface area contributed by atoms with Crippen LogP contribution in [-0.4, -0.2) is 38.9 Å². The Kier molecular flexibility index (Phi) is 4.97. The van der Waals surface area contributed by atoms with Crippen LogP contribution in [0.3, 0.4) is 0 Å². The van der Waals surface area contributed by atoms with Crippen molar-refractivity contribution >= 4 is 34.0 Å². The van der Waals surface area contributed by atoms with Gasteiger partial charge in [0, 0.05) is 31.2 Å². The highest BCUT2D eigenvalue weighted by Crippen LogP contribution is 2.23. The third-order valence-electron chi connectivity index (χ3n) is 2.83. The van der Waals surface area contributed by atoms with Crippen molar-refractivity contribution in [2.75, 3.05) is 20.1 Å².